The zero-order valence-electron chi connectivity index (χ0n) is 12.7. The Morgan fingerprint density at radius 1 is 1.21 bits per heavy atom. The lowest BCUT2D eigenvalue weighted by Crippen LogP contribution is -2.15. The Balaban J connectivity index is 1.83. The number of nitrogens with zero attached hydrogens (tertiary/aromatic N) is 1. The maximum absolute atomic E-state index is 13.6. The van der Waals surface area contributed by atoms with Crippen molar-refractivity contribution in [3.05, 3.63) is 59.2 Å². The van der Waals surface area contributed by atoms with Crippen LogP contribution in [0.1, 0.15) is 22.3 Å². The number of ether oxygens (including phenoxy) is 1. The molecule has 1 amide bonds. The number of nitrogens with one attached hydrogen (secondary N) is 1. The summed E-state index contributed by atoms with van der Waals surface area (Å²) in [6.07, 6.45) is 0.544. The predicted octanol–water partition coefficient (Wildman–Crippen LogP) is 2.82. The molecule has 0 bridgehead atoms. The lowest BCUT2D eigenvalue weighted by molar-refractivity contribution is 0.0996. The van der Waals surface area contributed by atoms with E-state index in [1.54, 1.807) is 24.3 Å². The van der Waals surface area contributed by atoms with Crippen LogP contribution in [-0.4, -0.2) is 19.1 Å². The molecule has 0 aliphatic heterocycles. The molecule has 0 atom stereocenters. The first-order chi connectivity index (χ1) is 11.5. The van der Waals surface area contributed by atoms with Gasteiger partial charge in [0.05, 0.1) is 29.5 Å². The summed E-state index contributed by atoms with van der Waals surface area (Å²) in [6, 6.07) is 10.3. The van der Waals surface area contributed by atoms with Gasteiger partial charge in [-0.2, -0.15) is 5.26 Å². The Morgan fingerprint density at radius 2 is 1.92 bits per heavy atom. The first-order valence-electron chi connectivity index (χ1n) is 7.17. The molecule has 7 heteroatoms. The largest absolute Gasteiger partial charge is 0.494 e. The molecule has 0 aliphatic carbocycles. The fraction of sp³-hybridized carbons (Fsp3) is 0.176. The van der Waals surface area contributed by atoms with Crippen LogP contribution < -0.4 is 15.8 Å². The van der Waals surface area contributed by atoms with Gasteiger partial charge in [-0.05, 0) is 36.8 Å². The van der Waals surface area contributed by atoms with E-state index in [9.17, 15) is 13.6 Å². The number of amides is 1. The van der Waals surface area contributed by atoms with Gasteiger partial charge in [-0.25, -0.2) is 8.78 Å². The van der Waals surface area contributed by atoms with Crippen molar-refractivity contribution in [2.24, 2.45) is 5.73 Å². The number of nitriles is 1. The number of halogens is 2. The molecule has 0 aliphatic rings. The minimum absolute atomic E-state index is 0.00331. The van der Waals surface area contributed by atoms with Gasteiger partial charge < -0.3 is 15.8 Å². The van der Waals surface area contributed by atoms with E-state index in [1.165, 1.54) is 0 Å². The maximum Gasteiger partial charge on any atom is 0.251 e. The van der Waals surface area contributed by atoms with Crippen molar-refractivity contribution < 1.29 is 18.3 Å². The molecule has 24 heavy (non-hydrogen) atoms. The summed E-state index contributed by atoms with van der Waals surface area (Å²) in [5, 5.41) is 11.5. The number of rotatable bonds is 7. The zero-order valence-corrected chi connectivity index (χ0v) is 12.7. The molecule has 0 aromatic heterocycles. The summed E-state index contributed by atoms with van der Waals surface area (Å²) < 4.78 is 32.5. The smallest absolute Gasteiger partial charge is 0.251 e. The van der Waals surface area contributed by atoms with Gasteiger partial charge in [0, 0.05) is 12.6 Å². The molecule has 0 unspecified atom stereocenters. The standard InChI is InChI=1S/C17H15F2N3O2/c18-14-9-15(19)16(8-13(14)17(21)23)22-6-1-7-24-12-4-2-11(10-20)3-5-12/h2-5,8-9,22H,1,6-7H2,(H2,21,23). The van der Waals surface area contributed by atoms with Crippen molar-refractivity contribution in [2.75, 3.05) is 18.5 Å². The van der Waals surface area contributed by atoms with Gasteiger partial charge in [-0.3, -0.25) is 4.79 Å². The molecule has 2 aromatic carbocycles. The summed E-state index contributed by atoms with van der Waals surface area (Å²) in [7, 11) is 0. The number of carbonyl (C=O) groups is 1. The Kier molecular flexibility index (Phi) is 5.68. The highest BCUT2D eigenvalue weighted by Crippen LogP contribution is 2.19. The van der Waals surface area contributed by atoms with Gasteiger partial charge in [0.2, 0.25) is 0 Å². The molecule has 0 saturated heterocycles. The number of primary amides is 1. The Morgan fingerprint density at radius 3 is 2.54 bits per heavy atom. The maximum atomic E-state index is 13.6. The lowest BCUT2D eigenvalue weighted by atomic mass is 10.1. The van der Waals surface area contributed by atoms with E-state index in [0.717, 1.165) is 6.07 Å². The fourth-order valence-corrected chi connectivity index (χ4v) is 1.98. The van der Waals surface area contributed by atoms with Gasteiger partial charge >= 0.3 is 0 Å². The molecule has 3 N–H and O–H groups in total. The third-order valence-corrected chi connectivity index (χ3v) is 3.21. The van der Waals surface area contributed by atoms with Crippen LogP contribution in [0.4, 0.5) is 14.5 Å². The molecule has 5 nitrogen and oxygen atoms in total. The van der Waals surface area contributed by atoms with E-state index < -0.39 is 17.5 Å². The predicted molar refractivity (Wildman–Crippen MR) is 84.6 cm³/mol. The van der Waals surface area contributed by atoms with Crippen LogP contribution in [0, 0.1) is 23.0 Å². The summed E-state index contributed by atoms with van der Waals surface area (Å²) in [5.74, 6) is -2.13. The number of carbonyl (C=O) groups excluding carboxylic acids is 1. The van der Waals surface area contributed by atoms with Gasteiger partial charge in [-0.15, -0.1) is 0 Å². The van der Waals surface area contributed by atoms with E-state index in [0.29, 0.717) is 37.0 Å². The van der Waals surface area contributed by atoms with Crippen molar-refractivity contribution in [3.63, 3.8) is 0 Å². The number of nitrogens with two attached hydrogens (primary N) is 1. The lowest BCUT2D eigenvalue weighted by Gasteiger charge is -2.10. The first-order valence-corrected chi connectivity index (χ1v) is 7.17. The van der Waals surface area contributed by atoms with Gasteiger partial charge in [-0.1, -0.05) is 0 Å². The average Bonchev–Trinajstić information content (AvgIpc) is 2.56. The molecule has 124 valence electrons. The quantitative estimate of drug-likeness (QED) is 0.764. The summed E-state index contributed by atoms with van der Waals surface area (Å²) in [5.41, 5.74) is 5.20. The van der Waals surface area contributed by atoms with Gasteiger partial charge in [0.15, 0.2) is 0 Å². The third-order valence-electron chi connectivity index (χ3n) is 3.21. The van der Waals surface area contributed by atoms with Crippen molar-refractivity contribution in [3.8, 4) is 11.8 Å². The fourth-order valence-electron chi connectivity index (χ4n) is 1.98. The molecule has 2 rings (SSSR count). The van der Waals surface area contributed by atoms with Crippen LogP contribution in [0.3, 0.4) is 0 Å². The number of hydrogen-bond donors (Lipinski definition) is 2. The van der Waals surface area contributed by atoms with E-state index >= 15 is 0 Å². The highest BCUT2D eigenvalue weighted by atomic mass is 19.1. The van der Waals surface area contributed by atoms with Gasteiger partial charge in [0.25, 0.3) is 5.91 Å². The first kappa shape index (κ1) is 17.2. The molecule has 0 spiro atoms. The van der Waals surface area contributed by atoms with Crippen LogP contribution in [0.2, 0.25) is 0 Å². The second-order valence-electron chi connectivity index (χ2n) is 4.94. The highest BCUT2D eigenvalue weighted by Gasteiger charge is 2.13. The summed E-state index contributed by atoms with van der Waals surface area (Å²) in [4.78, 5) is 11.1. The second-order valence-corrected chi connectivity index (χ2v) is 4.94. The summed E-state index contributed by atoms with van der Waals surface area (Å²) in [6.45, 7) is 0.724. The molecule has 2 aromatic rings. The minimum atomic E-state index is -0.991. The van der Waals surface area contributed by atoms with E-state index in [-0.39, 0.29) is 11.3 Å². The second kappa shape index (κ2) is 7.92. The van der Waals surface area contributed by atoms with Crippen LogP contribution in [0.5, 0.6) is 5.75 Å². The molecule has 0 radical (unpaired) electrons. The normalized spacial score (nSPS) is 10.0. The van der Waals surface area contributed by atoms with E-state index in [4.69, 9.17) is 15.7 Å². The summed E-state index contributed by atoms with van der Waals surface area (Å²) >= 11 is 0. The van der Waals surface area contributed by atoms with Crippen LogP contribution >= 0.6 is 0 Å². The number of anilines is 1. The minimum Gasteiger partial charge on any atom is -0.494 e. The average molecular weight is 331 g/mol. The van der Waals surface area contributed by atoms with E-state index in [1.807, 2.05) is 6.07 Å². The Bertz CT molecular complexity index is 771. The number of benzene rings is 2. The van der Waals surface area contributed by atoms with Crippen LogP contribution in [0.15, 0.2) is 36.4 Å². The molecular formula is C17H15F2N3O2. The third kappa shape index (κ3) is 4.43. The van der Waals surface area contributed by atoms with Crippen molar-refractivity contribution in [2.45, 2.75) is 6.42 Å². The topological polar surface area (TPSA) is 88.1 Å². The monoisotopic (exact) mass is 331 g/mol. The van der Waals surface area contributed by atoms with Crippen molar-refractivity contribution in [1.29, 1.82) is 5.26 Å². The zero-order chi connectivity index (χ0) is 17.5. The van der Waals surface area contributed by atoms with E-state index in [2.05, 4.69) is 5.32 Å². The Hall–Kier alpha value is -3.14. The molecule has 0 heterocycles. The number of hydrogen-bond acceptors (Lipinski definition) is 4. The Labute approximate surface area is 137 Å². The molecule has 0 saturated carbocycles. The SMILES string of the molecule is N#Cc1ccc(OCCCNc2cc(C(N)=O)c(F)cc2F)cc1. The highest BCUT2D eigenvalue weighted by molar-refractivity contribution is 5.94. The van der Waals surface area contributed by atoms with Crippen molar-refractivity contribution >= 4 is 11.6 Å². The van der Waals surface area contributed by atoms with Crippen LogP contribution in [0.25, 0.3) is 0 Å². The van der Waals surface area contributed by atoms with Gasteiger partial charge in [0.1, 0.15) is 17.4 Å². The van der Waals surface area contributed by atoms with Crippen molar-refractivity contribution in [1.82, 2.24) is 0 Å². The van der Waals surface area contributed by atoms with Crippen LogP contribution in [-0.2, 0) is 0 Å². The molecule has 0 fully saturated rings. The molecular weight excluding hydrogens is 316 g/mol.